The summed E-state index contributed by atoms with van der Waals surface area (Å²) < 4.78 is 5.93. The highest BCUT2D eigenvalue weighted by Gasteiger charge is 2.28. The van der Waals surface area contributed by atoms with Crippen molar-refractivity contribution in [2.45, 2.75) is 45.5 Å². The van der Waals surface area contributed by atoms with E-state index in [-0.39, 0.29) is 12.1 Å². The minimum absolute atomic E-state index is 0.112. The first kappa shape index (κ1) is 19.6. The molecule has 2 aromatic rings. The van der Waals surface area contributed by atoms with E-state index in [0.29, 0.717) is 13.0 Å². The zero-order valence-electron chi connectivity index (χ0n) is 16.2. The molecule has 1 saturated heterocycles. The molecule has 0 spiro atoms. The molecule has 1 unspecified atom stereocenters. The van der Waals surface area contributed by atoms with Crippen molar-refractivity contribution < 1.29 is 9.53 Å². The van der Waals surface area contributed by atoms with Gasteiger partial charge in [-0.1, -0.05) is 60.7 Å². The Hall–Kier alpha value is -2.17. The van der Waals surface area contributed by atoms with Gasteiger partial charge in [0.1, 0.15) is 6.23 Å². The van der Waals surface area contributed by atoms with Crippen molar-refractivity contribution in [2.75, 3.05) is 19.7 Å². The van der Waals surface area contributed by atoms with Gasteiger partial charge in [-0.15, -0.1) is 0 Å². The van der Waals surface area contributed by atoms with Gasteiger partial charge in [-0.2, -0.15) is 0 Å². The molecule has 3 rings (SSSR count). The molecule has 2 aromatic carbocycles. The van der Waals surface area contributed by atoms with Crippen molar-refractivity contribution in [1.29, 1.82) is 0 Å². The molecule has 0 radical (unpaired) electrons. The van der Waals surface area contributed by atoms with E-state index in [4.69, 9.17) is 4.74 Å². The van der Waals surface area contributed by atoms with Gasteiger partial charge in [0.2, 0.25) is 5.91 Å². The zero-order chi connectivity index (χ0) is 18.9. The summed E-state index contributed by atoms with van der Waals surface area (Å²) in [5.74, 6) is 0.228. The number of benzene rings is 2. The standard InChI is InChI=1S/C23H30N2O2/c1-2-27-23(25-16-9-14-22(25)26)15-17-24(18-20-10-5-3-6-11-20)19-21-12-7-4-8-13-21/h3-8,10-13,23H,2,9,14-19H2,1H3. The lowest BCUT2D eigenvalue weighted by atomic mass is 10.1. The van der Waals surface area contributed by atoms with Crippen LogP contribution in [0.1, 0.15) is 37.3 Å². The molecule has 0 N–H and O–H groups in total. The highest BCUT2D eigenvalue weighted by atomic mass is 16.5. The molecule has 27 heavy (non-hydrogen) atoms. The van der Waals surface area contributed by atoms with Crippen molar-refractivity contribution in [3.8, 4) is 0 Å². The van der Waals surface area contributed by atoms with E-state index in [9.17, 15) is 4.79 Å². The number of nitrogens with zero attached hydrogens (tertiary/aromatic N) is 2. The first-order chi connectivity index (χ1) is 13.3. The van der Waals surface area contributed by atoms with E-state index in [1.54, 1.807) is 0 Å². The van der Waals surface area contributed by atoms with E-state index >= 15 is 0 Å². The molecule has 1 aliphatic rings. The number of hydrogen-bond donors (Lipinski definition) is 0. The van der Waals surface area contributed by atoms with Crippen molar-refractivity contribution in [1.82, 2.24) is 9.80 Å². The first-order valence-electron chi connectivity index (χ1n) is 9.97. The molecule has 0 aliphatic carbocycles. The molecule has 0 bridgehead atoms. The minimum Gasteiger partial charge on any atom is -0.359 e. The summed E-state index contributed by atoms with van der Waals surface area (Å²) in [6, 6.07) is 21.1. The van der Waals surface area contributed by atoms with Crippen LogP contribution < -0.4 is 0 Å². The Bertz CT molecular complexity index is 649. The topological polar surface area (TPSA) is 32.8 Å². The van der Waals surface area contributed by atoms with Gasteiger partial charge >= 0.3 is 0 Å². The summed E-state index contributed by atoms with van der Waals surface area (Å²) in [5, 5.41) is 0. The number of carbonyl (C=O) groups is 1. The average Bonchev–Trinajstić information content (AvgIpc) is 3.12. The van der Waals surface area contributed by atoms with Gasteiger partial charge in [-0.3, -0.25) is 9.69 Å². The summed E-state index contributed by atoms with van der Waals surface area (Å²) in [6.07, 6.45) is 2.32. The third-order valence-electron chi connectivity index (χ3n) is 5.01. The van der Waals surface area contributed by atoms with Gasteiger partial charge in [0.05, 0.1) is 0 Å². The Balaban J connectivity index is 1.66. The third kappa shape index (κ3) is 5.91. The second kappa shape index (κ2) is 10.2. The van der Waals surface area contributed by atoms with Crippen LogP contribution in [0.15, 0.2) is 60.7 Å². The van der Waals surface area contributed by atoms with Crippen LogP contribution in [0.3, 0.4) is 0 Å². The number of amides is 1. The fourth-order valence-electron chi connectivity index (χ4n) is 3.69. The highest BCUT2D eigenvalue weighted by Crippen LogP contribution is 2.19. The lowest BCUT2D eigenvalue weighted by Gasteiger charge is -2.30. The van der Waals surface area contributed by atoms with Crippen LogP contribution in [0.5, 0.6) is 0 Å². The fourth-order valence-corrected chi connectivity index (χ4v) is 3.69. The van der Waals surface area contributed by atoms with Crippen molar-refractivity contribution in [3.63, 3.8) is 0 Å². The summed E-state index contributed by atoms with van der Waals surface area (Å²) in [6.45, 7) is 6.12. The zero-order valence-corrected chi connectivity index (χ0v) is 16.2. The Morgan fingerprint density at radius 1 is 1.00 bits per heavy atom. The van der Waals surface area contributed by atoms with Gasteiger partial charge in [0.15, 0.2) is 0 Å². The van der Waals surface area contributed by atoms with E-state index in [1.807, 2.05) is 11.8 Å². The number of rotatable bonds is 10. The van der Waals surface area contributed by atoms with Crippen LogP contribution in [0, 0.1) is 0 Å². The third-order valence-corrected chi connectivity index (χ3v) is 5.01. The molecule has 0 saturated carbocycles. The second-order valence-corrected chi connectivity index (χ2v) is 7.07. The molecule has 4 heteroatoms. The number of carbonyl (C=O) groups excluding carboxylic acids is 1. The predicted molar refractivity (Wildman–Crippen MR) is 108 cm³/mol. The van der Waals surface area contributed by atoms with Crippen LogP contribution in [-0.4, -0.2) is 41.6 Å². The Morgan fingerprint density at radius 2 is 1.59 bits per heavy atom. The summed E-state index contributed by atoms with van der Waals surface area (Å²) in [5.41, 5.74) is 2.61. The number of hydrogen-bond acceptors (Lipinski definition) is 3. The van der Waals surface area contributed by atoms with Crippen LogP contribution in [0.2, 0.25) is 0 Å². The Kier molecular flexibility index (Phi) is 7.43. The molecule has 4 nitrogen and oxygen atoms in total. The Labute approximate surface area is 162 Å². The van der Waals surface area contributed by atoms with Gasteiger partial charge in [0.25, 0.3) is 0 Å². The molecule has 1 aliphatic heterocycles. The van der Waals surface area contributed by atoms with Gasteiger partial charge in [0, 0.05) is 45.6 Å². The van der Waals surface area contributed by atoms with Crippen LogP contribution in [0.4, 0.5) is 0 Å². The van der Waals surface area contributed by atoms with Crippen LogP contribution >= 0.6 is 0 Å². The highest BCUT2D eigenvalue weighted by molar-refractivity contribution is 5.78. The van der Waals surface area contributed by atoms with E-state index in [0.717, 1.165) is 39.0 Å². The van der Waals surface area contributed by atoms with Crippen molar-refractivity contribution in [3.05, 3.63) is 71.8 Å². The summed E-state index contributed by atoms with van der Waals surface area (Å²) in [4.78, 5) is 16.5. The van der Waals surface area contributed by atoms with Gasteiger partial charge in [-0.05, 0) is 24.5 Å². The van der Waals surface area contributed by atoms with Crippen molar-refractivity contribution in [2.24, 2.45) is 0 Å². The summed E-state index contributed by atoms with van der Waals surface area (Å²) in [7, 11) is 0. The maximum absolute atomic E-state index is 12.1. The van der Waals surface area contributed by atoms with E-state index < -0.39 is 0 Å². The van der Waals surface area contributed by atoms with Crippen LogP contribution in [0.25, 0.3) is 0 Å². The van der Waals surface area contributed by atoms with E-state index in [1.165, 1.54) is 11.1 Å². The molecular weight excluding hydrogens is 336 g/mol. The average molecular weight is 367 g/mol. The molecular formula is C23H30N2O2. The van der Waals surface area contributed by atoms with Crippen molar-refractivity contribution >= 4 is 5.91 Å². The first-order valence-corrected chi connectivity index (χ1v) is 9.97. The fraction of sp³-hybridized carbons (Fsp3) is 0.435. The van der Waals surface area contributed by atoms with Gasteiger partial charge < -0.3 is 9.64 Å². The molecule has 0 aromatic heterocycles. The largest absolute Gasteiger partial charge is 0.359 e. The smallest absolute Gasteiger partial charge is 0.224 e. The maximum atomic E-state index is 12.1. The SMILES string of the molecule is CCOC(CCN(Cc1ccccc1)Cc1ccccc1)N1CCCC1=O. The quantitative estimate of drug-likeness (QED) is 0.636. The monoisotopic (exact) mass is 366 g/mol. The number of ether oxygens (including phenoxy) is 1. The molecule has 1 fully saturated rings. The predicted octanol–water partition coefficient (Wildman–Crippen LogP) is 4.06. The lowest BCUT2D eigenvalue weighted by molar-refractivity contribution is -0.141. The molecule has 1 atom stereocenters. The summed E-state index contributed by atoms with van der Waals surface area (Å²) >= 11 is 0. The van der Waals surface area contributed by atoms with Gasteiger partial charge in [-0.25, -0.2) is 0 Å². The van der Waals surface area contributed by atoms with Crippen LogP contribution in [-0.2, 0) is 22.6 Å². The molecule has 1 amide bonds. The molecule has 144 valence electrons. The van der Waals surface area contributed by atoms with E-state index in [2.05, 4.69) is 65.6 Å². The minimum atomic E-state index is -0.112. The number of likely N-dealkylation sites (tertiary alicyclic amines) is 1. The second-order valence-electron chi connectivity index (χ2n) is 7.07. The lowest BCUT2D eigenvalue weighted by Crippen LogP contribution is -2.40. The maximum Gasteiger partial charge on any atom is 0.224 e. The normalized spacial score (nSPS) is 15.5. The Morgan fingerprint density at radius 3 is 2.07 bits per heavy atom. The molecule has 1 heterocycles.